The molecule has 94 valence electrons. The van der Waals surface area contributed by atoms with Gasteiger partial charge in [-0.25, -0.2) is 0 Å². The van der Waals surface area contributed by atoms with Crippen LogP contribution in [-0.2, 0) is 4.79 Å². The van der Waals surface area contributed by atoms with Gasteiger partial charge in [0.25, 0.3) is 0 Å². The molecular formula is C14H21NO2. The minimum absolute atomic E-state index is 0.0647. The Morgan fingerprint density at radius 1 is 1.29 bits per heavy atom. The van der Waals surface area contributed by atoms with Gasteiger partial charge in [-0.2, -0.15) is 0 Å². The summed E-state index contributed by atoms with van der Waals surface area (Å²) in [7, 11) is 0. The van der Waals surface area contributed by atoms with Crippen molar-refractivity contribution in [3.05, 3.63) is 24.3 Å². The van der Waals surface area contributed by atoms with Crippen molar-refractivity contribution in [1.82, 2.24) is 0 Å². The van der Waals surface area contributed by atoms with Crippen LogP contribution >= 0.6 is 0 Å². The fraction of sp³-hybridized carbons (Fsp3) is 0.500. The smallest absolute Gasteiger partial charge is 0.221 e. The highest BCUT2D eigenvalue weighted by atomic mass is 16.5. The fourth-order valence-electron chi connectivity index (χ4n) is 1.59. The summed E-state index contributed by atoms with van der Waals surface area (Å²) in [4.78, 5) is 10.9. The van der Waals surface area contributed by atoms with Crippen molar-refractivity contribution in [3.63, 3.8) is 0 Å². The van der Waals surface area contributed by atoms with Gasteiger partial charge in [0.15, 0.2) is 0 Å². The molecule has 0 aromatic heterocycles. The van der Waals surface area contributed by atoms with Crippen LogP contribution in [0.5, 0.6) is 5.75 Å². The molecule has 1 rings (SSSR count). The van der Waals surface area contributed by atoms with E-state index in [-0.39, 0.29) is 5.91 Å². The molecule has 0 aliphatic heterocycles. The Morgan fingerprint density at radius 2 is 2.12 bits per heavy atom. The second kappa shape index (κ2) is 7.71. The van der Waals surface area contributed by atoms with E-state index in [1.165, 1.54) is 26.2 Å². The average Bonchev–Trinajstić information content (AvgIpc) is 2.28. The van der Waals surface area contributed by atoms with Gasteiger partial charge in [-0.1, -0.05) is 32.3 Å². The number of carbonyl (C=O) groups is 1. The molecule has 3 heteroatoms. The van der Waals surface area contributed by atoms with Gasteiger partial charge in [0.1, 0.15) is 5.75 Å². The highest BCUT2D eigenvalue weighted by Crippen LogP contribution is 2.17. The number of unbranched alkanes of at least 4 members (excludes halogenated alkanes) is 3. The topological polar surface area (TPSA) is 38.3 Å². The molecule has 1 aromatic rings. The number of rotatable bonds is 7. The molecule has 0 bridgehead atoms. The first-order valence-corrected chi connectivity index (χ1v) is 6.23. The van der Waals surface area contributed by atoms with Gasteiger partial charge < -0.3 is 10.1 Å². The molecule has 0 aliphatic rings. The van der Waals surface area contributed by atoms with E-state index < -0.39 is 0 Å². The first kappa shape index (κ1) is 13.6. The lowest BCUT2D eigenvalue weighted by Crippen LogP contribution is -2.06. The van der Waals surface area contributed by atoms with Gasteiger partial charge >= 0.3 is 0 Å². The summed E-state index contributed by atoms with van der Waals surface area (Å²) in [5, 5.41) is 2.74. The number of ether oxygens (including phenoxy) is 1. The van der Waals surface area contributed by atoms with Crippen LogP contribution in [0.25, 0.3) is 0 Å². The van der Waals surface area contributed by atoms with Crippen LogP contribution in [0, 0.1) is 0 Å². The average molecular weight is 235 g/mol. The lowest BCUT2D eigenvalue weighted by atomic mass is 10.2. The Labute approximate surface area is 103 Å². The predicted octanol–water partition coefficient (Wildman–Crippen LogP) is 3.60. The summed E-state index contributed by atoms with van der Waals surface area (Å²) < 4.78 is 5.62. The molecule has 3 nitrogen and oxygen atoms in total. The molecule has 0 heterocycles. The zero-order valence-electron chi connectivity index (χ0n) is 10.7. The van der Waals surface area contributed by atoms with E-state index in [0.717, 1.165) is 24.5 Å². The Morgan fingerprint density at radius 3 is 2.82 bits per heavy atom. The molecule has 0 aliphatic carbocycles. The van der Waals surface area contributed by atoms with E-state index >= 15 is 0 Å². The molecule has 0 spiro atoms. The summed E-state index contributed by atoms with van der Waals surface area (Å²) in [6, 6.07) is 7.49. The van der Waals surface area contributed by atoms with Crippen molar-refractivity contribution in [1.29, 1.82) is 0 Å². The molecule has 1 aromatic carbocycles. The van der Waals surface area contributed by atoms with Crippen LogP contribution < -0.4 is 10.1 Å². The van der Waals surface area contributed by atoms with Crippen molar-refractivity contribution in [2.75, 3.05) is 11.9 Å². The van der Waals surface area contributed by atoms with Gasteiger partial charge in [0.05, 0.1) is 6.61 Å². The van der Waals surface area contributed by atoms with Gasteiger partial charge in [-0.05, 0) is 18.6 Å². The zero-order valence-corrected chi connectivity index (χ0v) is 10.7. The van der Waals surface area contributed by atoms with Crippen LogP contribution in [-0.4, -0.2) is 12.5 Å². The van der Waals surface area contributed by atoms with Crippen LogP contribution in [0.15, 0.2) is 24.3 Å². The zero-order chi connectivity index (χ0) is 12.5. The first-order chi connectivity index (χ1) is 8.22. The lowest BCUT2D eigenvalue weighted by molar-refractivity contribution is -0.114. The first-order valence-electron chi connectivity index (χ1n) is 6.23. The van der Waals surface area contributed by atoms with Gasteiger partial charge in [-0.15, -0.1) is 0 Å². The van der Waals surface area contributed by atoms with Crippen molar-refractivity contribution in [2.24, 2.45) is 0 Å². The van der Waals surface area contributed by atoms with E-state index in [2.05, 4.69) is 12.2 Å². The van der Waals surface area contributed by atoms with E-state index in [9.17, 15) is 4.79 Å². The SMILES string of the molecule is CCCCCCOc1cccc(NC(C)=O)c1. The fourth-order valence-corrected chi connectivity index (χ4v) is 1.59. The molecule has 0 unspecified atom stereocenters. The van der Waals surface area contributed by atoms with E-state index in [4.69, 9.17) is 4.74 Å². The Bertz CT molecular complexity index is 350. The maximum absolute atomic E-state index is 10.9. The molecule has 1 amide bonds. The van der Waals surface area contributed by atoms with E-state index in [1.807, 2.05) is 24.3 Å². The molecule has 1 N–H and O–H groups in total. The van der Waals surface area contributed by atoms with Crippen molar-refractivity contribution < 1.29 is 9.53 Å². The number of nitrogens with one attached hydrogen (secondary N) is 1. The molecule has 0 saturated carbocycles. The van der Waals surface area contributed by atoms with Crippen molar-refractivity contribution in [3.8, 4) is 5.75 Å². The third-order valence-electron chi connectivity index (χ3n) is 2.42. The largest absolute Gasteiger partial charge is 0.494 e. The molecule has 0 saturated heterocycles. The maximum Gasteiger partial charge on any atom is 0.221 e. The van der Waals surface area contributed by atoms with E-state index in [1.54, 1.807) is 0 Å². The van der Waals surface area contributed by atoms with Crippen LogP contribution in [0.2, 0.25) is 0 Å². The molecule has 0 fully saturated rings. The Balaban J connectivity index is 2.35. The van der Waals surface area contributed by atoms with Crippen LogP contribution in [0.3, 0.4) is 0 Å². The number of amides is 1. The summed E-state index contributed by atoms with van der Waals surface area (Å²) in [5.74, 6) is 0.748. The van der Waals surface area contributed by atoms with Crippen molar-refractivity contribution in [2.45, 2.75) is 39.5 Å². The second-order valence-electron chi connectivity index (χ2n) is 4.12. The summed E-state index contributed by atoms with van der Waals surface area (Å²) in [5.41, 5.74) is 0.781. The second-order valence-corrected chi connectivity index (χ2v) is 4.12. The van der Waals surface area contributed by atoms with Gasteiger partial charge in [0.2, 0.25) is 5.91 Å². The Kier molecular flexibility index (Phi) is 6.15. The third kappa shape index (κ3) is 5.95. The summed E-state index contributed by atoms with van der Waals surface area (Å²) in [6.07, 6.45) is 4.79. The summed E-state index contributed by atoms with van der Waals surface area (Å²) in [6.45, 7) is 4.43. The number of benzene rings is 1. The minimum Gasteiger partial charge on any atom is -0.494 e. The lowest BCUT2D eigenvalue weighted by Gasteiger charge is -2.08. The maximum atomic E-state index is 10.9. The Hall–Kier alpha value is -1.51. The third-order valence-corrected chi connectivity index (χ3v) is 2.42. The molecule has 17 heavy (non-hydrogen) atoms. The highest BCUT2D eigenvalue weighted by Gasteiger charge is 1.98. The standard InChI is InChI=1S/C14H21NO2/c1-3-4-5-6-10-17-14-9-7-8-13(11-14)15-12(2)16/h7-9,11H,3-6,10H2,1-2H3,(H,15,16). The molecule has 0 atom stereocenters. The van der Waals surface area contributed by atoms with Gasteiger partial charge in [-0.3, -0.25) is 4.79 Å². The number of anilines is 1. The molecular weight excluding hydrogens is 214 g/mol. The minimum atomic E-state index is -0.0647. The quantitative estimate of drug-likeness (QED) is 0.733. The normalized spacial score (nSPS) is 10.0. The van der Waals surface area contributed by atoms with Crippen molar-refractivity contribution >= 4 is 11.6 Å². The van der Waals surface area contributed by atoms with Gasteiger partial charge in [0, 0.05) is 18.7 Å². The van der Waals surface area contributed by atoms with Crippen LogP contribution in [0.4, 0.5) is 5.69 Å². The monoisotopic (exact) mass is 235 g/mol. The number of carbonyl (C=O) groups excluding carboxylic acids is 1. The number of hydrogen-bond donors (Lipinski definition) is 1. The van der Waals surface area contributed by atoms with E-state index in [0.29, 0.717) is 0 Å². The van der Waals surface area contributed by atoms with Crippen LogP contribution in [0.1, 0.15) is 39.5 Å². The summed E-state index contributed by atoms with van der Waals surface area (Å²) >= 11 is 0. The highest BCUT2D eigenvalue weighted by molar-refractivity contribution is 5.88. The predicted molar refractivity (Wildman–Crippen MR) is 70.4 cm³/mol. The number of hydrogen-bond acceptors (Lipinski definition) is 2. The molecule has 0 radical (unpaired) electrons.